The average molecular weight is 308 g/mol. The van der Waals surface area contributed by atoms with Gasteiger partial charge in [-0.2, -0.15) is 15.0 Å². The molecule has 21 heavy (non-hydrogen) atoms. The van der Waals surface area contributed by atoms with E-state index in [1.165, 1.54) is 0 Å². The molecule has 1 aromatic heterocycles. The molecule has 2 aromatic rings. The Hall–Kier alpha value is -2.08. The Labute approximate surface area is 129 Å². The van der Waals surface area contributed by atoms with Crippen molar-refractivity contribution in [1.29, 1.82) is 0 Å². The molecule has 2 rings (SSSR count). The zero-order chi connectivity index (χ0) is 15.2. The van der Waals surface area contributed by atoms with Crippen LogP contribution in [-0.2, 0) is 0 Å². The lowest BCUT2D eigenvalue weighted by Gasteiger charge is -2.18. The molecule has 0 bridgehead atoms. The number of anilines is 3. The van der Waals surface area contributed by atoms with E-state index in [2.05, 4.69) is 27.2 Å². The van der Waals surface area contributed by atoms with Crippen molar-refractivity contribution in [2.24, 2.45) is 0 Å². The van der Waals surface area contributed by atoms with Crippen molar-refractivity contribution < 1.29 is 4.74 Å². The molecule has 0 fully saturated rings. The summed E-state index contributed by atoms with van der Waals surface area (Å²) in [4.78, 5) is 14.4. The predicted octanol–water partition coefficient (Wildman–Crippen LogP) is 3.12. The molecule has 1 N–H and O–H groups in total. The molecule has 7 heteroatoms. The van der Waals surface area contributed by atoms with Crippen molar-refractivity contribution in [3.8, 4) is 5.75 Å². The zero-order valence-electron chi connectivity index (χ0n) is 12.3. The lowest BCUT2D eigenvalue weighted by Crippen LogP contribution is -2.15. The molecule has 0 unspecified atom stereocenters. The smallest absolute Gasteiger partial charge is 0.235 e. The number of halogens is 1. The van der Waals surface area contributed by atoms with E-state index < -0.39 is 0 Å². The molecule has 6 nitrogen and oxygen atoms in total. The van der Waals surface area contributed by atoms with Crippen LogP contribution in [0.3, 0.4) is 0 Å². The van der Waals surface area contributed by atoms with Gasteiger partial charge in [0.15, 0.2) is 0 Å². The summed E-state index contributed by atoms with van der Waals surface area (Å²) in [5, 5.41) is 3.27. The predicted molar refractivity (Wildman–Crippen MR) is 84.7 cm³/mol. The largest absolute Gasteiger partial charge is 0.497 e. The second kappa shape index (κ2) is 7.08. The Bertz CT molecular complexity index is 608. The molecular weight excluding hydrogens is 290 g/mol. The summed E-state index contributed by atoms with van der Waals surface area (Å²) in [5.41, 5.74) is 0.901. The van der Waals surface area contributed by atoms with Crippen molar-refractivity contribution in [3.63, 3.8) is 0 Å². The van der Waals surface area contributed by atoms with Gasteiger partial charge in [0, 0.05) is 25.3 Å². The second-order valence-corrected chi connectivity index (χ2v) is 4.75. The molecule has 0 radical (unpaired) electrons. The number of benzene rings is 1. The number of rotatable bonds is 6. The monoisotopic (exact) mass is 307 g/mol. The number of nitrogens with zero attached hydrogens (tertiary/aromatic N) is 4. The highest BCUT2D eigenvalue weighted by atomic mass is 35.5. The van der Waals surface area contributed by atoms with E-state index in [4.69, 9.17) is 16.3 Å². The van der Waals surface area contributed by atoms with Crippen LogP contribution in [-0.4, -0.2) is 35.7 Å². The molecule has 0 aliphatic heterocycles. The fourth-order valence-electron chi connectivity index (χ4n) is 1.74. The van der Waals surface area contributed by atoms with E-state index in [1.54, 1.807) is 7.11 Å². The Morgan fingerprint density at radius 1 is 1.29 bits per heavy atom. The SMILES string of the molecule is CCCNc1nc(Cl)nc(N(C)c2cccc(OC)c2)n1. The van der Waals surface area contributed by atoms with Crippen LogP contribution in [0.4, 0.5) is 17.6 Å². The first-order chi connectivity index (χ1) is 10.1. The van der Waals surface area contributed by atoms with Crippen LogP contribution < -0.4 is 15.0 Å². The highest BCUT2D eigenvalue weighted by molar-refractivity contribution is 6.28. The third-order valence-electron chi connectivity index (χ3n) is 2.87. The second-order valence-electron chi connectivity index (χ2n) is 4.42. The first-order valence-electron chi connectivity index (χ1n) is 6.67. The lowest BCUT2D eigenvalue weighted by atomic mass is 10.3. The molecule has 0 spiro atoms. The van der Waals surface area contributed by atoms with Gasteiger partial charge in [0.05, 0.1) is 7.11 Å². The number of nitrogens with one attached hydrogen (secondary N) is 1. The fourth-order valence-corrected chi connectivity index (χ4v) is 1.90. The number of methoxy groups -OCH3 is 1. The average Bonchev–Trinajstić information content (AvgIpc) is 2.51. The highest BCUT2D eigenvalue weighted by Gasteiger charge is 2.11. The van der Waals surface area contributed by atoms with E-state index in [9.17, 15) is 0 Å². The Morgan fingerprint density at radius 3 is 2.81 bits per heavy atom. The number of ether oxygens (including phenoxy) is 1. The molecule has 112 valence electrons. The van der Waals surface area contributed by atoms with Crippen molar-refractivity contribution in [2.45, 2.75) is 13.3 Å². The maximum atomic E-state index is 5.97. The van der Waals surface area contributed by atoms with Crippen LogP contribution in [0.5, 0.6) is 5.75 Å². The van der Waals surface area contributed by atoms with Crippen LogP contribution in [0.1, 0.15) is 13.3 Å². The molecule has 0 saturated heterocycles. The van der Waals surface area contributed by atoms with Gasteiger partial charge in [-0.1, -0.05) is 13.0 Å². The van der Waals surface area contributed by atoms with E-state index in [0.29, 0.717) is 11.9 Å². The van der Waals surface area contributed by atoms with Gasteiger partial charge in [-0.3, -0.25) is 0 Å². The minimum absolute atomic E-state index is 0.161. The quantitative estimate of drug-likeness (QED) is 0.884. The molecule has 0 atom stereocenters. The van der Waals surface area contributed by atoms with Crippen LogP contribution in [0.15, 0.2) is 24.3 Å². The summed E-state index contributed by atoms with van der Waals surface area (Å²) in [6.07, 6.45) is 0.977. The van der Waals surface area contributed by atoms with Crippen LogP contribution in [0.2, 0.25) is 5.28 Å². The van der Waals surface area contributed by atoms with Gasteiger partial charge in [-0.15, -0.1) is 0 Å². The Kier molecular flexibility index (Phi) is 5.16. The summed E-state index contributed by atoms with van der Waals surface area (Å²) in [6.45, 7) is 2.85. The van der Waals surface area contributed by atoms with Gasteiger partial charge >= 0.3 is 0 Å². The van der Waals surface area contributed by atoms with Crippen LogP contribution >= 0.6 is 11.6 Å². The lowest BCUT2D eigenvalue weighted by molar-refractivity contribution is 0.415. The molecule has 0 saturated carbocycles. The number of hydrogen-bond donors (Lipinski definition) is 1. The van der Waals surface area contributed by atoms with E-state index in [0.717, 1.165) is 24.4 Å². The highest BCUT2D eigenvalue weighted by Crippen LogP contribution is 2.25. The third kappa shape index (κ3) is 3.95. The normalized spacial score (nSPS) is 10.3. The van der Waals surface area contributed by atoms with Gasteiger partial charge < -0.3 is 15.0 Å². The maximum Gasteiger partial charge on any atom is 0.235 e. The molecule has 1 heterocycles. The minimum atomic E-state index is 0.161. The van der Waals surface area contributed by atoms with Crippen molar-refractivity contribution in [3.05, 3.63) is 29.5 Å². The van der Waals surface area contributed by atoms with Crippen molar-refractivity contribution in [2.75, 3.05) is 30.9 Å². The van der Waals surface area contributed by atoms with Gasteiger partial charge in [-0.05, 0) is 30.2 Å². The molecule has 0 amide bonds. The van der Waals surface area contributed by atoms with E-state index in [1.807, 2.05) is 36.2 Å². The van der Waals surface area contributed by atoms with E-state index in [-0.39, 0.29) is 5.28 Å². The number of aromatic nitrogens is 3. The Morgan fingerprint density at radius 2 is 2.10 bits per heavy atom. The minimum Gasteiger partial charge on any atom is -0.497 e. The zero-order valence-corrected chi connectivity index (χ0v) is 13.1. The molecular formula is C14H18ClN5O. The summed E-state index contributed by atoms with van der Waals surface area (Å²) in [6, 6.07) is 7.63. The molecule has 0 aliphatic rings. The van der Waals surface area contributed by atoms with Gasteiger partial charge in [0.2, 0.25) is 17.2 Å². The fraction of sp³-hybridized carbons (Fsp3) is 0.357. The standard InChI is InChI=1S/C14H18ClN5O/c1-4-8-16-13-17-12(15)18-14(19-13)20(2)10-6-5-7-11(9-10)21-3/h5-7,9H,4,8H2,1-3H3,(H,16,17,18,19). The Balaban J connectivity index is 2.28. The van der Waals surface area contributed by atoms with Gasteiger partial charge in [0.1, 0.15) is 5.75 Å². The summed E-state index contributed by atoms with van der Waals surface area (Å²) >= 11 is 5.97. The molecule has 1 aromatic carbocycles. The third-order valence-corrected chi connectivity index (χ3v) is 3.04. The summed E-state index contributed by atoms with van der Waals surface area (Å²) in [7, 11) is 3.50. The first kappa shape index (κ1) is 15.3. The topological polar surface area (TPSA) is 63.2 Å². The molecule has 0 aliphatic carbocycles. The van der Waals surface area contributed by atoms with Gasteiger partial charge in [-0.25, -0.2) is 0 Å². The van der Waals surface area contributed by atoms with Crippen LogP contribution in [0, 0.1) is 0 Å². The van der Waals surface area contributed by atoms with Crippen molar-refractivity contribution >= 4 is 29.2 Å². The van der Waals surface area contributed by atoms with Gasteiger partial charge in [0.25, 0.3) is 0 Å². The first-order valence-corrected chi connectivity index (χ1v) is 7.05. The summed E-state index contributed by atoms with van der Waals surface area (Å²) in [5.74, 6) is 1.72. The number of hydrogen-bond acceptors (Lipinski definition) is 6. The van der Waals surface area contributed by atoms with Crippen molar-refractivity contribution in [1.82, 2.24) is 15.0 Å². The maximum absolute atomic E-state index is 5.97. The van der Waals surface area contributed by atoms with E-state index >= 15 is 0 Å². The van der Waals surface area contributed by atoms with Crippen LogP contribution in [0.25, 0.3) is 0 Å². The summed E-state index contributed by atoms with van der Waals surface area (Å²) < 4.78 is 5.22.